The molecule has 1 atom stereocenters. The zero-order valence-corrected chi connectivity index (χ0v) is 11.6. The molecule has 3 rings (SSSR count). The summed E-state index contributed by atoms with van der Waals surface area (Å²) < 4.78 is 5.06. The molecule has 0 fully saturated rings. The Bertz CT molecular complexity index is 595. The summed E-state index contributed by atoms with van der Waals surface area (Å²) in [6.45, 7) is 0.811. The van der Waals surface area contributed by atoms with Crippen molar-refractivity contribution < 1.29 is 4.74 Å². The summed E-state index contributed by atoms with van der Waals surface area (Å²) in [6.07, 6.45) is 4.08. The van der Waals surface area contributed by atoms with Crippen molar-refractivity contribution in [1.82, 2.24) is 10.3 Å². The fourth-order valence-electron chi connectivity index (χ4n) is 2.73. The third-order valence-electron chi connectivity index (χ3n) is 3.80. The summed E-state index contributed by atoms with van der Waals surface area (Å²) in [5.41, 5.74) is 10.6. The molecule has 104 valence electrons. The number of aryl methyl sites for hydroxylation is 1. The van der Waals surface area contributed by atoms with E-state index in [1.807, 2.05) is 24.4 Å². The van der Waals surface area contributed by atoms with Gasteiger partial charge in [0.05, 0.1) is 7.11 Å². The van der Waals surface area contributed by atoms with Gasteiger partial charge in [-0.25, -0.2) is 4.98 Å². The van der Waals surface area contributed by atoms with E-state index in [2.05, 4.69) is 22.4 Å². The zero-order valence-electron chi connectivity index (χ0n) is 11.6. The molecule has 1 aromatic heterocycles. The van der Waals surface area contributed by atoms with Crippen LogP contribution in [0.5, 0.6) is 5.88 Å². The smallest absolute Gasteiger partial charge is 0.212 e. The second-order valence-electron chi connectivity index (χ2n) is 5.14. The van der Waals surface area contributed by atoms with Gasteiger partial charge in [-0.05, 0) is 41.7 Å². The first-order valence-corrected chi connectivity index (χ1v) is 6.87. The van der Waals surface area contributed by atoms with Gasteiger partial charge in [0, 0.05) is 30.5 Å². The quantitative estimate of drug-likeness (QED) is 0.837. The van der Waals surface area contributed by atoms with Crippen molar-refractivity contribution in [1.29, 1.82) is 0 Å². The normalized spacial score (nSPS) is 16.9. The molecule has 0 bridgehead atoms. The van der Waals surface area contributed by atoms with Crippen LogP contribution in [-0.4, -0.2) is 12.1 Å². The molecule has 0 aliphatic heterocycles. The SMILES string of the molecule is COc1ccc(CNC2CCc3cc(N)ccc32)cn1. The lowest BCUT2D eigenvalue weighted by molar-refractivity contribution is 0.397. The van der Waals surface area contributed by atoms with Gasteiger partial charge in [-0.2, -0.15) is 0 Å². The van der Waals surface area contributed by atoms with Gasteiger partial charge in [0.25, 0.3) is 0 Å². The van der Waals surface area contributed by atoms with Gasteiger partial charge < -0.3 is 15.8 Å². The van der Waals surface area contributed by atoms with Crippen LogP contribution in [-0.2, 0) is 13.0 Å². The predicted octanol–water partition coefficient (Wildman–Crippen LogP) is 2.45. The van der Waals surface area contributed by atoms with E-state index in [4.69, 9.17) is 10.5 Å². The fourth-order valence-corrected chi connectivity index (χ4v) is 2.73. The van der Waals surface area contributed by atoms with E-state index < -0.39 is 0 Å². The third kappa shape index (κ3) is 2.60. The van der Waals surface area contributed by atoms with E-state index in [1.165, 1.54) is 11.1 Å². The number of fused-ring (bicyclic) bond motifs is 1. The highest BCUT2D eigenvalue weighted by Crippen LogP contribution is 2.32. The number of pyridine rings is 1. The number of nitrogen functional groups attached to an aromatic ring is 1. The van der Waals surface area contributed by atoms with Crippen LogP contribution in [0.25, 0.3) is 0 Å². The number of methoxy groups -OCH3 is 1. The Labute approximate surface area is 119 Å². The van der Waals surface area contributed by atoms with Crippen molar-refractivity contribution in [3.05, 3.63) is 53.2 Å². The van der Waals surface area contributed by atoms with Gasteiger partial charge >= 0.3 is 0 Å². The van der Waals surface area contributed by atoms with Crippen LogP contribution < -0.4 is 15.8 Å². The zero-order chi connectivity index (χ0) is 13.9. The molecule has 1 heterocycles. The molecule has 1 aliphatic rings. The molecule has 4 heteroatoms. The molecule has 0 radical (unpaired) electrons. The molecule has 2 aromatic rings. The molecule has 4 nitrogen and oxygen atoms in total. The number of rotatable bonds is 4. The van der Waals surface area contributed by atoms with Crippen molar-refractivity contribution in [2.24, 2.45) is 0 Å². The first kappa shape index (κ1) is 12.9. The highest BCUT2D eigenvalue weighted by molar-refractivity contribution is 5.47. The van der Waals surface area contributed by atoms with Crippen LogP contribution in [0.3, 0.4) is 0 Å². The van der Waals surface area contributed by atoms with E-state index in [-0.39, 0.29) is 0 Å². The van der Waals surface area contributed by atoms with E-state index in [0.717, 1.165) is 30.6 Å². The van der Waals surface area contributed by atoms with E-state index in [0.29, 0.717) is 11.9 Å². The Hall–Kier alpha value is -2.07. The van der Waals surface area contributed by atoms with Crippen LogP contribution in [0, 0.1) is 0 Å². The lowest BCUT2D eigenvalue weighted by atomic mass is 10.1. The van der Waals surface area contributed by atoms with Crippen molar-refractivity contribution in [3.8, 4) is 5.88 Å². The second-order valence-corrected chi connectivity index (χ2v) is 5.14. The van der Waals surface area contributed by atoms with E-state index in [9.17, 15) is 0 Å². The number of aromatic nitrogens is 1. The van der Waals surface area contributed by atoms with Crippen molar-refractivity contribution >= 4 is 5.69 Å². The van der Waals surface area contributed by atoms with Crippen LogP contribution in [0.2, 0.25) is 0 Å². The molecular formula is C16H19N3O. The lowest BCUT2D eigenvalue weighted by Gasteiger charge is -2.14. The van der Waals surface area contributed by atoms with Crippen LogP contribution >= 0.6 is 0 Å². The molecule has 1 aliphatic carbocycles. The number of anilines is 1. The standard InChI is InChI=1S/C16H19N3O/c1-20-16-7-2-11(10-19-16)9-18-15-6-3-12-8-13(17)4-5-14(12)15/h2,4-5,7-8,10,15,18H,3,6,9,17H2,1H3. The summed E-state index contributed by atoms with van der Waals surface area (Å²) in [6, 6.07) is 10.5. The lowest BCUT2D eigenvalue weighted by Crippen LogP contribution is -2.18. The minimum Gasteiger partial charge on any atom is -0.481 e. The Kier molecular flexibility index (Phi) is 3.56. The topological polar surface area (TPSA) is 60.2 Å². The molecule has 1 aromatic carbocycles. The molecule has 3 N–H and O–H groups in total. The number of benzene rings is 1. The summed E-state index contributed by atoms with van der Waals surface area (Å²) >= 11 is 0. The van der Waals surface area contributed by atoms with Gasteiger partial charge in [0.1, 0.15) is 0 Å². The third-order valence-corrected chi connectivity index (χ3v) is 3.80. The number of nitrogens with two attached hydrogens (primary N) is 1. The first-order valence-electron chi connectivity index (χ1n) is 6.87. The Morgan fingerprint density at radius 1 is 1.35 bits per heavy atom. The molecule has 0 spiro atoms. The van der Waals surface area contributed by atoms with Gasteiger partial charge in [-0.1, -0.05) is 12.1 Å². The number of nitrogens with zero attached hydrogens (tertiary/aromatic N) is 1. The average Bonchev–Trinajstić information content (AvgIpc) is 2.88. The second kappa shape index (κ2) is 5.51. The monoisotopic (exact) mass is 269 g/mol. The van der Waals surface area contributed by atoms with Crippen molar-refractivity contribution in [2.75, 3.05) is 12.8 Å². The first-order chi connectivity index (χ1) is 9.76. The van der Waals surface area contributed by atoms with Crippen LogP contribution in [0.4, 0.5) is 5.69 Å². The predicted molar refractivity (Wildman–Crippen MR) is 79.5 cm³/mol. The number of hydrogen-bond acceptors (Lipinski definition) is 4. The van der Waals surface area contributed by atoms with Gasteiger partial charge in [-0.3, -0.25) is 0 Å². The Morgan fingerprint density at radius 3 is 3.00 bits per heavy atom. The van der Waals surface area contributed by atoms with E-state index in [1.54, 1.807) is 7.11 Å². The van der Waals surface area contributed by atoms with Crippen LogP contribution in [0.15, 0.2) is 36.5 Å². The Balaban J connectivity index is 1.65. The molecule has 20 heavy (non-hydrogen) atoms. The molecule has 0 amide bonds. The summed E-state index contributed by atoms with van der Waals surface area (Å²) in [7, 11) is 1.63. The molecule has 1 unspecified atom stereocenters. The van der Waals surface area contributed by atoms with Crippen LogP contribution in [0.1, 0.15) is 29.2 Å². The maximum atomic E-state index is 5.83. The number of ether oxygens (including phenoxy) is 1. The summed E-state index contributed by atoms with van der Waals surface area (Å²) in [4.78, 5) is 4.22. The van der Waals surface area contributed by atoms with Crippen molar-refractivity contribution in [3.63, 3.8) is 0 Å². The summed E-state index contributed by atoms with van der Waals surface area (Å²) in [5, 5.41) is 3.59. The highest BCUT2D eigenvalue weighted by atomic mass is 16.5. The number of hydrogen-bond donors (Lipinski definition) is 2. The van der Waals surface area contributed by atoms with Gasteiger partial charge in [-0.15, -0.1) is 0 Å². The molecule has 0 saturated carbocycles. The average molecular weight is 269 g/mol. The Morgan fingerprint density at radius 2 is 2.25 bits per heavy atom. The van der Waals surface area contributed by atoms with E-state index >= 15 is 0 Å². The largest absolute Gasteiger partial charge is 0.481 e. The molecule has 0 saturated heterocycles. The highest BCUT2D eigenvalue weighted by Gasteiger charge is 2.21. The van der Waals surface area contributed by atoms with Crippen molar-refractivity contribution in [2.45, 2.75) is 25.4 Å². The minimum atomic E-state index is 0.410. The van der Waals surface area contributed by atoms with Gasteiger partial charge in [0.15, 0.2) is 0 Å². The fraction of sp³-hybridized carbons (Fsp3) is 0.312. The number of nitrogens with one attached hydrogen (secondary N) is 1. The molecular weight excluding hydrogens is 250 g/mol. The maximum absolute atomic E-state index is 5.83. The maximum Gasteiger partial charge on any atom is 0.212 e. The summed E-state index contributed by atoms with van der Waals surface area (Å²) in [5.74, 6) is 0.649. The minimum absolute atomic E-state index is 0.410. The van der Waals surface area contributed by atoms with Gasteiger partial charge in [0.2, 0.25) is 5.88 Å².